The number of hydrogen-bond acceptors (Lipinski definition) is 0. The van der Waals surface area contributed by atoms with Gasteiger partial charge in [0.1, 0.15) is 0 Å². The highest BCUT2D eigenvalue weighted by Gasteiger charge is 2.17. The Morgan fingerprint density at radius 2 is 1.71 bits per heavy atom. The molecule has 0 bridgehead atoms. The second-order valence-corrected chi connectivity index (χ2v) is 6.32. The van der Waals surface area contributed by atoms with Gasteiger partial charge in [-0.1, -0.05) is 30.3 Å². The number of rotatable bonds is 0. The van der Waals surface area contributed by atoms with E-state index in [9.17, 15) is 0 Å². The van der Waals surface area contributed by atoms with E-state index in [2.05, 4.69) is 56.0 Å². The summed E-state index contributed by atoms with van der Waals surface area (Å²) >= 11 is 0. The van der Waals surface area contributed by atoms with Crippen LogP contribution in [0.25, 0.3) is 39.4 Å². The van der Waals surface area contributed by atoms with Crippen molar-refractivity contribution in [3.63, 3.8) is 0 Å². The molecule has 0 spiro atoms. The molecule has 3 aromatic rings. The molecule has 21 heavy (non-hydrogen) atoms. The summed E-state index contributed by atoms with van der Waals surface area (Å²) in [5.74, 6) is 0. The van der Waals surface area contributed by atoms with E-state index in [0.717, 1.165) is 6.42 Å². The molecule has 0 radical (unpaired) electrons. The molecule has 5 rings (SSSR count). The molecule has 100 valence electrons. The summed E-state index contributed by atoms with van der Waals surface area (Å²) in [6.45, 7) is 4.44. The number of hydrogen-bond donors (Lipinski definition) is 0. The molecule has 0 heteroatoms. The summed E-state index contributed by atoms with van der Waals surface area (Å²) in [7, 11) is 0. The van der Waals surface area contributed by atoms with Crippen LogP contribution in [-0.4, -0.2) is 0 Å². The van der Waals surface area contributed by atoms with Crippen molar-refractivity contribution in [3.8, 4) is 0 Å². The zero-order valence-electron chi connectivity index (χ0n) is 12.4. The average molecular weight is 268 g/mol. The average Bonchev–Trinajstić information content (AvgIpc) is 2.94. The summed E-state index contributed by atoms with van der Waals surface area (Å²) in [5.41, 5.74) is 9.22. The monoisotopic (exact) mass is 268 g/mol. The molecular weight excluding hydrogens is 252 g/mol. The highest BCUT2D eigenvalue weighted by Crippen LogP contribution is 2.28. The van der Waals surface area contributed by atoms with Crippen LogP contribution in [0.4, 0.5) is 0 Å². The molecule has 0 heterocycles. The van der Waals surface area contributed by atoms with Crippen LogP contribution in [0.1, 0.15) is 28.7 Å². The van der Waals surface area contributed by atoms with Gasteiger partial charge in [0.15, 0.2) is 0 Å². The first-order chi connectivity index (χ1) is 10.3. The van der Waals surface area contributed by atoms with Gasteiger partial charge in [-0.15, -0.1) is 5.73 Å². The van der Waals surface area contributed by atoms with E-state index in [1.165, 1.54) is 55.1 Å². The van der Waals surface area contributed by atoms with Crippen LogP contribution in [0.5, 0.6) is 0 Å². The third kappa shape index (κ3) is 1.27. The molecule has 0 fully saturated rings. The van der Waals surface area contributed by atoms with Crippen LogP contribution < -0.4 is 10.4 Å². The van der Waals surface area contributed by atoms with Crippen LogP contribution in [0, 0.1) is 13.8 Å². The number of aryl methyl sites for hydroxylation is 3. The van der Waals surface area contributed by atoms with Crippen LogP contribution in [0.2, 0.25) is 0 Å². The maximum Gasteiger partial charge on any atom is 0.0328 e. The van der Waals surface area contributed by atoms with Crippen molar-refractivity contribution in [2.45, 2.75) is 26.7 Å². The van der Waals surface area contributed by atoms with Crippen molar-refractivity contribution < 1.29 is 0 Å². The van der Waals surface area contributed by atoms with Crippen molar-refractivity contribution in [1.29, 1.82) is 0 Å². The first-order valence-electron chi connectivity index (χ1n) is 7.70. The molecular formula is C21H16. The molecule has 0 N–H and O–H groups in total. The van der Waals surface area contributed by atoms with Gasteiger partial charge < -0.3 is 0 Å². The zero-order chi connectivity index (χ0) is 14.1. The van der Waals surface area contributed by atoms with E-state index in [4.69, 9.17) is 0 Å². The largest absolute Gasteiger partial charge is 0.111 e. The Morgan fingerprint density at radius 1 is 0.905 bits per heavy atom. The zero-order valence-corrected chi connectivity index (χ0v) is 12.4. The fourth-order valence-corrected chi connectivity index (χ4v) is 4.13. The van der Waals surface area contributed by atoms with Gasteiger partial charge in [0, 0.05) is 10.6 Å². The van der Waals surface area contributed by atoms with Gasteiger partial charge in [-0.2, -0.15) is 0 Å². The first-order valence-corrected chi connectivity index (χ1v) is 7.70. The van der Waals surface area contributed by atoms with Crippen LogP contribution >= 0.6 is 0 Å². The van der Waals surface area contributed by atoms with Gasteiger partial charge in [0.2, 0.25) is 0 Å². The highest BCUT2D eigenvalue weighted by atomic mass is 14.2. The van der Waals surface area contributed by atoms with Crippen LogP contribution in [-0.2, 0) is 6.42 Å². The molecule has 0 atom stereocenters. The Labute approximate surface area is 123 Å². The standard InChI is InChI=1S/C21H16/c1-12-6-9-18-19-11-10-15-13(2)7-8-17(21(15)19)16-5-3-4-14(12)20(16)18/h5-10H,3-4H2,1-2H3. The predicted molar refractivity (Wildman–Crippen MR) is 90.8 cm³/mol. The van der Waals surface area contributed by atoms with E-state index >= 15 is 0 Å². The SMILES string of the molecule is Cc1ccc2c3c4c(c(C)ccc4c4c2c1C=C=4)CCC=3. The van der Waals surface area contributed by atoms with Crippen molar-refractivity contribution in [3.05, 3.63) is 57.0 Å². The van der Waals surface area contributed by atoms with Gasteiger partial charge in [-0.05, 0) is 76.4 Å². The lowest BCUT2D eigenvalue weighted by Crippen LogP contribution is -2.18. The molecule has 2 aliphatic rings. The molecule has 0 aliphatic heterocycles. The van der Waals surface area contributed by atoms with E-state index in [0.29, 0.717) is 0 Å². The summed E-state index contributed by atoms with van der Waals surface area (Å²) < 4.78 is 0. The Kier molecular flexibility index (Phi) is 1.98. The minimum absolute atomic E-state index is 1.15. The lowest BCUT2D eigenvalue weighted by Gasteiger charge is -2.17. The molecule has 0 unspecified atom stereocenters. The molecule has 0 saturated heterocycles. The lowest BCUT2D eigenvalue weighted by atomic mass is 9.86. The fraction of sp³-hybridized carbons (Fsp3) is 0.190. The molecule has 0 nitrogen and oxygen atoms in total. The second kappa shape index (κ2) is 3.67. The summed E-state index contributed by atoms with van der Waals surface area (Å²) in [6, 6.07) is 9.14. The van der Waals surface area contributed by atoms with Crippen LogP contribution in [0.15, 0.2) is 24.3 Å². The minimum Gasteiger partial charge on any atom is -0.111 e. The Hall–Kier alpha value is -2.30. The summed E-state index contributed by atoms with van der Waals surface area (Å²) in [5, 5.41) is 8.43. The maximum atomic E-state index is 3.54. The molecule has 2 aliphatic carbocycles. The number of benzene rings is 3. The third-order valence-electron chi connectivity index (χ3n) is 5.19. The topological polar surface area (TPSA) is 0 Å². The molecule has 0 saturated carbocycles. The summed E-state index contributed by atoms with van der Waals surface area (Å²) in [4.78, 5) is 0. The van der Waals surface area contributed by atoms with Crippen molar-refractivity contribution in [2.75, 3.05) is 0 Å². The predicted octanol–water partition coefficient (Wildman–Crippen LogP) is 3.74. The Balaban J connectivity index is 2.25. The first kappa shape index (κ1) is 11.4. The number of fused-ring (bicyclic) bond motifs is 2. The Bertz CT molecular complexity index is 1120. The van der Waals surface area contributed by atoms with E-state index in [1.54, 1.807) is 5.56 Å². The van der Waals surface area contributed by atoms with E-state index in [1.807, 2.05) is 0 Å². The van der Waals surface area contributed by atoms with E-state index in [-0.39, 0.29) is 0 Å². The van der Waals surface area contributed by atoms with Gasteiger partial charge in [-0.25, -0.2) is 0 Å². The highest BCUT2D eigenvalue weighted by molar-refractivity contribution is 6.08. The maximum absolute atomic E-state index is 3.54. The van der Waals surface area contributed by atoms with Crippen LogP contribution in [0.3, 0.4) is 0 Å². The third-order valence-corrected chi connectivity index (χ3v) is 5.19. The molecule has 3 aromatic carbocycles. The van der Waals surface area contributed by atoms with Gasteiger partial charge in [0.05, 0.1) is 0 Å². The Morgan fingerprint density at radius 3 is 2.62 bits per heavy atom. The van der Waals surface area contributed by atoms with Gasteiger partial charge in [0.25, 0.3) is 0 Å². The van der Waals surface area contributed by atoms with Gasteiger partial charge in [-0.3, -0.25) is 0 Å². The quantitative estimate of drug-likeness (QED) is 0.426. The van der Waals surface area contributed by atoms with Crippen molar-refractivity contribution in [2.24, 2.45) is 0 Å². The van der Waals surface area contributed by atoms with Crippen molar-refractivity contribution >= 4 is 39.4 Å². The van der Waals surface area contributed by atoms with Gasteiger partial charge >= 0.3 is 0 Å². The normalized spacial score (nSPS) is 14.6. The molecule has 0 amide bonds. The molecule has 0 aromatic heterocycles. The smallest absolute Gasteiger partial charge is 0.0328 e. The lowest BCUT2D eigenvalue weighted by molar-refractivity contribution is 1.02. The summed E-state index contributed by atoms with van der Waals surface area (Å²) in [6.07, 6.45) is 6.93. The van der Waals surface area contributed by atoms with E-state index < -0.39 is 0 Å². The minimum atomic E-state index is 1.15. The second-order valence-electron chi connectivity index (χ2n) is 6.32. The van der Waals surface area contributed by atoms with Crippen molar-refractivity contribution in [1.82, 2.24) is 0 Å². The fourth-order valence-electron chi connectivity index (χ4n) is 4.13.